The van der Waals surface area contributed by atoms with Crippen molar-refractivity contribution in [2.24, 2.45) is 0 Å². The van der Waals surface area contributed by atoms with Crippen LogP contribution < -0.4 is 0 Å². The summed E-state index contributed by atoms with van der Waals surface area (Å²) in [6, 6.07) is 7.83. The molecule has 2 heteroatoms. The summed E-state index contributed by atoms with van der Waals surface area (Å²) >= 11 is 5.88. The third-order valence-corrected chi connectivity index (χ3v) is 2.58. The maximum atomic E-state index is 10.8. The van der Waals surface area contributed by atoms with Crippen LogP contribution >= 0.6 is 11.6 Å². The number of hydrogen-bond acceptors (Lipinski definition) is 1. The number of carbonyl (C=O) groups excluding carboxylic acids is 1. The van der Waals surface area contributed by atoms with Gasteiger partial charge >= 0.3 is 0 Å². The molecule has 1 atom stereocenters. The van der Waals surface area contributed by atoms with Crippen LogP contribution in [0.1, 0.15) is 38.2 Å². The van der Waals surface area contributed by atoms with Gasteiger partial charge in [0.2, 0.25) is 0 Å². The molecule has 0 saturated carbocycles. The lowest BCUT2D eigenvalue weighted by atomic mass is 9.95. The highest BCUT2D eigenvalue weighted by Gasteiger charge is 2.06. The Kier molecular flexibility index (Phi) is 4.15. The first-order valence-corrected chi connectivity index (χ1v) is 5.22. The maximum Gasteiger partial charge on any atom is 0.129 e. The molecular weight excluding hydrogens is 196 g/mol. The van der Waals surface area contributed by atoms with Gasteiger partial charge in [0.05, 0.1) is 0 Å². The average molecular weight is 211 g/mol. The molecule has 0 N–H and O–H groups in total. The van der Waals surface area contributed by atoms with Crippen LogP contribution in [-0.4, -0.2) is 5.78 Å². The molecule has 0 aromatic heterocycles. The van der Waals surface area contributed by atoms with Gasteiger partial charge in [-0.3, -0.25) is 0 Å². The average Bonchev–Trinajstić information content (AvgIpc) is 2.14. The van der Waals surface area contributed by atoms with Crippen molar-refractivity contribution in [3.8, 4) is 0 Å². The maximum absolute atomic E-state index is 10.8. The summed E-state index contributed by atoms with van der Waals surface area (Å²) in [6.45, 7) is 3.75. The normalized spacial score (nSPS) is 12.5. The van der Waals surface area contributed by atoms with Gasteiger partial charge in [-0.05, 0) is 37.0 Å². The highest BCUT2D eigenvalue weighted by atomic mass is 35.5. The SMILES string of the molecule is CC(=O)CCC(C)c1cccc(Cl)c1. The number of Topliss-reactive ketones (excluding diaryl/α,β-unsaturated/α-hetero) is 1. The second kappa shape index (κ2) is 5.16. The molecule has 76 valence electrons. The zero-order chi connectivity index (χ0) is 10.6. The molecule has 0 amide bonds. The molecule has 0 aliphatic carbocycles. The van der Waals surface area contributed by atoms with Gasteiger partial charge in [0.15, 0.2) is 0 Å². The summed E-state index contributed by atoms with van der Waals surface area (Å²) < 4.78 is 0. The van der Waals surface area contributed by atoms with Crippen molar-refractivity contribution >= 4 is 17.4 Å². The molecule has 0 fully saturated rings. The largest absolute Gasteiger partial charge is 0.300 e. The lowest BCUT2D eigenvalue weighted by Crippen LogP contribution is -1.97. The Labute approximate surface area is 90.1 Å². The van der Waals surface area contributed by atoms with Crippen LogP contribution in [-0.2, 0) is 4.79 Å². The highest BCUT2D eigenvalue weighted by Crippen LogP contribution is 2.23. The summed E-state index contributed by atoms with van der Waals surface area (Å²) in [4.78, 5) is 10.8. The Morgan fingerprint density at radius 1 is 1.50 bits per heavy atom. The van der Waals surface area contributed by atoms with Crippen molar-refractivity contribution in [2.45, 2.75) is 32.6 Å². The Morgan fingerprint density at radius 3 is 2.79 bits per heavy atom. The molecule has 0 radical (unpaired) electrons. The van der Waals surface area contributed by atoms with Crippen LogP contribution in [0, 0.1) is 0 Å². The van der Waals surface area contributed by atoms with Gasteiger partial charge in [-0.15, -0.1) is 0 Å². The van der Waals surface area contributed by atoms with E-state index in [0.717, 1.165) is 11.4 Å². The van der Waals surface area contributed by atoms with Crippen molar-refractivity contribution < 1.29 is 4.79 Å². The smallest absolute Gasteiger partial charge is 0.129 e. The molecular formula is C12H15ClO. The van der Waals surface area contributed by atoms with Gasteiger partial charge in [-0.1, -0.05) is 30.7 Å². The minimum atomic E-state index is 0.249. The number of halogens is 1. The van der Waals surface area contributed by atoms with Gasteiger partial charge in [-0.2, -0.15) is 0 Å². The van der Waals surface area contributed by atoms with Crippen molar-refractivity contribution in [1.82, 2.24) is 0 Å². The fraction of sp³-hybridized carbons (Fsp3) is 0.417. The number of rotatable bonds is 4. The van der Waals surface area contributed by atoms with Crippen LogP contribution in [0.3, 0.4) is 0 Å². The third-order valence-electron chi connectivity index (χ3n) is 2.35. The molecule has 1 nitrogen and oxygen atoms in total. The van der Waals surface area contributed by atoms with Gasteiger partial charge in [0, 0.05) is 11.4 Å². The summed E-state index contributed by atoms with van der Waals surface area (Å²) in [5.74, 6) is 0.650. The Morgan fingerprint density at radius 2 is 2.21 bits per heavy atom. The molecule has 1 aromatic carbocycles. The van der Waals surface area contributed by atoms with Gasteiger partial charge in [0.25, 0.3) is 0 Å². The van der Waals surface area contributed by atoms with Gasteiger partial charge in [-0.25, -0.2) is 0 Å². The topological polar surface area (TPSA) is 17.1 Å². The molecule has 0 spiro atoms. The molecule has 0 bridgehead atoms. The fourth-order valence-corrected chi connectivity index (χ4v) is 1.60. The van der Waals surface area contributed by atoms with E-state index in [2.05, 4.69) is 13.0 Å². The lowest BCUT2D eigenvalue weighted by molar-refractivity contribution is -0.117. The molecule has 0 heterocycles. The predicted molar refractivity (Wildman–Crippen MR) is 59.8 cm³/mol. The monoisotopic (exact) mass is 210 g/mol. The highest BCUT2D eigenvalue weighted by molar-refractivity contribution is 6.30. The number of benzene rings is 1. The summed E-state index contributed by atoms with van der Waals surface area (Å²) in [5.41, 5.74) is 1.21. The molecule has 14 heavy (non-hydrogen) atoms. The summed E-state index contributed by atoms with van der Waals surface area (Å²) in [6.07, 6.45) is 1.54. The van der Waals surface area contributed by atoms with E-state index in [1.807, 2.05) is 18.2 Å². The molecule has 1 unspecified atom stereocenters. The van der Waals surface area contributed by atoms with Crippen molar-refractivity contribution in [3.05, 3.63) is 34.9 Å². The molecule has 1 aromatic rings. The molecule has 0 aliphatic heterocycles. The van der Waals surface area contributed by atoms with E-state index in [1.54, 1.807) is 6.92 Å². The minimum Gasteiger partial charge on any atom is -0.300 e. The second-order valence-corrected chi connectivity index (χ2v) is 4.13. The molecule has 0 aliphatic rings. The van der Waals surface area contributed by atoms with E-state index in [-0.39, 0.29) is 5.78 Å². The molecule has 1 rings (SSSR count). The first-order chi connectivity index (χ1) is 6.59. The van der Waals surface area contributed by atoms with Crippen molar-refractivity contribution in [3.63, 3.8) is 0 Å². The van der Waals surface area contributed by atoms with E-state index in [9.17, 15) is 4.79 Å². The van der Waals surface area contributed by atoms with Gasteiger partial charge in [0.1, 0.15) is 5.78 Å². The summed E-state index contributed by atoms with van der Waals surface area (Å²) in [5, 5.41) is 0.761. The minimum absolute atomic E-state index is 0.249. The first-order valence-electron chi connectivity index (χ1n) is 4.84. The second-order valence-electron chi connectivity index (χ2n) is 3.70. The molecule has 0 saturated heterocycles. The van der Waals surface area contributed by atoms with Crippen LogP contribution in [0.4, 0.5) is 0 Å². The van der Waals surface area contributed by atoms with E-state index < -0.39 is 0 Å². The Balaban J connectivity index is 2.60. The zero-order valence-corrected chi connectivity index (χ0v) is 9.34. The predicted octanol–water partition coefficient (Wildman–Crippen LogP) is 3.81. The van der Waals surface area contributed by atoms with E-state index in [4.69, 9.17) is 11.6 Å². The first kappa shape index (κ1) is 11.3. The van der Waals surface area contributed by atoms with Crippen LogP contribution in [0.5, 0.6) is 0 Å². The number of hydrogen-bond donors (Lipinski definition) is 0. The Hall–Kier alpha value is -0.820. The fourth-order valence-electron chi connectivity index (χ4n) is 1.40. The summed E-state index contributed by atoms with van der Waals surface area (Å²) in [7, 11) is 0. The number of carbonyl (C=O) groups is 1. The zero-order valence-electron chi connectivity index (χ0n) is 8.59. The van der Waals surface area contributed by atoms with Gasteiger partial charge < -0.3 is 4.79 Å². The number of ketones is 1. The van der Waals surface area contributed by atoms with Crippen LogP contribution in [0.2, 0.25) is 5.02 Å². The van der Waals surface area contributed by atoms with E-state index in [1.165, 1.54) is 5.56 Å². The van der Waals surface area contributed by atoms with Crippen molar-refractivity contribution in [2.75, 3.05) is 0 Å². The quantitative estimate of drug-likeness (QED) is 0.739. The van der Waals surface area contributed by atoms with E-state index >= 15 is 0 Å². The standard InChI is InChI=1S/C12H15ClO/c1-9(6-7-10(2)14)11-4-3-5-12(13)8-11/h3-5,8-9H,6-7H2,1-2H3. The Bertz CT molecular complexity index is 320. The van der Waals surface area contributed by atoms with E-state index in [0.29, 0.717) is 12.3 Å². The lowest BCUT2D eigenvalue weighted by Gasteiger charge is -2.10. The third kappa shape index (κ3) is 3.51. The van der Waals surface area contributed by atoms with Crippen molar-refractivity contribution in [1.29, 1.82) is 0 Å². The van der Waals surface area contributed by atoms with Crippen LogP contribution in [0.15, 0.2) is 24.3 Å². The van der Waals surface area contributed by atoms with Crippen LogP contribution in [0.25, 0.3) is 0 Å².